The van der Waals surface area contributed by atoms with E-state index in [2.05, 4.69) is 9.89 Å². The van der Waals surface area contributed by atoms with E-state index in [0.29, 0.717) is 59.9 Å². The van der Waals surface area contributed by atoms with E-state index in [1.165, 1.54) is 0 Å². The number of nitrogens with one attached hydrogen (secondary N) is 1. The highest BCUT2D eigenvalue weighted by atomic mass is 35.5. The van der Waals surface area contributed by atoms with Crippen molar-refractivity contribution in [1.82, 2.24) is 4.98 Å². The standard InChI is InChI=1S/C23H25ClN4O5S/c24-15-9-16-17(10-20(26-16)33-19-12-32-22-18(29)11-31-23(19)22)27-21(15)13-1-3-14(4-2-13)28-5-7-34(25,30)8-6-28/h1-4,9,18-19,22-23,25,29H,5-8,10-12H2/t18-,19-,22-,23-/m1/s1. The van der Waals surface area contributed by atoms with Gasteiger partial charge in [-0.3, -0.25) is 4.78 Å². The van der Waals surface area contributed by atoms with Gasteiger partial charge in [-0.1, -0.05) is 23.7 Å². The fourth-order valence-corrected chi connectivity index (χ4v) is 6.36. The summed E-state index contributed by atoms with van der Waals surface area (Å²) in [6, 6.07) is 9.79. The topological polar surface area (TPSA) is 117 Å². The van der Waals surface area contributed by atoms with Gasteiger partial charge in [0, 0.05) is 45.6 Å². The van der Waals surface area contributed by atoms with E-state index in [4.69, 9.17) is 35.6 Å². The van der Waals surface area contributed by atoms with Crippen molar-refractivity contribution < 1.29 is 23.5 Å². The van der Waals surface area contributed by atoms with Crippen molar-refractivity contribution in [3.63, 3.8) is 0 Å². The summed E-state index contributed by atoms with van der Waals surface area (Å²) in [6.07, 6.45) is -1.12. The van der Waals surface area contributed by atoms with Crippen LogP contribution < -0.4 is 4.90 Å². The summed E-state index contributed by atoms with van der Waals surface area (Å²) in [5.74, 6) is 1.35. The van der Waals surface area contributed by atoms with Gasteiger partial charge in [0.15, 0.2) is 12.0 Å². The number of hydrogen-bond acceptors (Lipinski definition) is 9. The summed E-state index contributed by atoms with van der Waals surface area (Å²) < 4.78 is 37.0. The molecule has 3 fully saturated rings. The lowest BCUT2D eigenvalue weighted by Gasteiger charge is -2.30. The number of aliphatic hydroxyl groups is 1. The zero-order valence-corrected chi connectivity index (χ0v) is 19.9. The number of hydrogen-bond donors (Lipinski definition) is 2. The summed E-state index contributed by atoms with van der Waals surface area (Å²) in [4.78, 5) is 11.5. The van der Waals surface area contributed by atoms with Crippen molar-refractivity contribution in [2.75, 3.05) is 42.7 Å². The maximum atomic E-state index is 11.9. The van der Waals surface area contributed by atoms with Gasteiger partial charge >= 0.3 is 0 Å². The van der Waals surface area contributed by atoms with E-state index in [9.17, 15) is 9.32 Å². The molecule has 1 aromatic heterocycles. The van der Waals surface area contributed by atoms with Gasteiger partial charge in [0.2, 0.25) is 0 Å². The first-order valence-corrected chi connectivity index (χ1v) is 13.6. The first kappa shape index (κ1) is 22.2. The van der Waals surface area contributed by atoms with Gasteiger partial charge in [-0.15, -0.1) is 0 Å². The van der Waals surface area contributed by atoms with Crippen molar-refractivity contribution in [2.24, 2.45) is 4.99 Å². The van der Waals surface area contributed by atoms with Gasteiger partial charge in [0.05, 0.1) is 41.7 Å². The smallest absolute Gasteiger partial charge is 0.195 e. The van der Waals surface area contributed by atoms with Gasteiger partial charge < -0.3 is 24.2 Å². The minimum atomic E-state index is -2.42. The quantitative estimate of drug-likeness (QED) is 0.659. The Morgan fingerprint density at radius 3 is 2.65 bits per heavy atom. The molecule has 0 spiro atoms. The molecule has 6 rings (SSSR count). The Labute approximate surface area is 202 Å². The molecule has 0 saturated carbocycles. The molecule has 0 radical (unpaired) electrons. The lowest BCUT2D eigenvalue weighted by molar-refractivity contribution is 0.00558. The Morgan fingerprint density at radius 2 is 1.88 bits per heavy atom. The molecule has 1 aromatic carbocycles. The van der Waals surface area contributed by atoms with E-state index < -0.39 is 15.8 Å². The summed E-state index contributed by atoms with van der Waals surface area (Å²) in [5, 5.41) is 10.4. The van der Waals surface area contributed by atoms with Crippen LogP contribution in [0.1, 0.15) is 5.69 Å². The Morgan fingerprint density at radius 1 is 1.15 bits per heavy atom. The minimum Gasteiger partial charge on any atom is -0.472 e. The van der Waals surface area contributed by atoms with Crippen LogP contribution >= 0.6 is 11.6 Å². The molecule has 5 heterocycles. The summed E-state index contributed by atoms with van der Waals surface area (Å²) in [5.41, 5.74) is 4.10. The molecule has 0 amide bonds. The Bertz CT molecular complexity index is 1240. The number of pyridine rings is 1. The highest BCUT2D eigenvalue weighted by Gasteiger charge is 2.49. The monoisotopic (exact) mass is 504 g/mol. The van der Waals surface area contributed by atoms with Crippen LogP contribution in [0.5, 0.6) is 0 Å². The van der Waals surface area contributed by atoms with Crippen molar-refractivity contribution >= 4 is 38.6 Å². The highest BCUT2D eigenvalue weighted by Crippen LogP contribution is 2.36. The molecule has 0 bridgehead atoms. The second-order valence-corrected chi connectivity index (χ2v) is 11.9. The molecule has 0 aliphatic carbocycles. The maximum absolute atomic E-state index is 11.9. The molecule has 9 nitrogen and oxygen atoms in total. The lowest BCUT2D eigenvalue weighted by Crippen LogP contribution is -2.39. The first-order valence-electron chi connectivity index (χ1n) is 11.3. The molecule has 4 aliphatic rings. The van der Waals surface area contributed by atoms with E-state index in [-0.39, 0.29) is 24.9 Å². The van der Waals surface area contributed by atoms with Gasteiger partial charge in [-0.25, -0.2) is 14.2 Å². The van der Waals surface area contributed by atoms with Crippen LogP contribution in [-0.2, 0) is 30.4 Å². The van der Waals surface area contributed by atoms with E-state index in [1.807, 2.05) is 30.3 Å². The van der Waals surface area contributed by atoms with Crippen LogP contribution in [0.2, 0.25) is 5.02 Å². The number of aromatic nitrogens is 1. The second kappa shape index (κ2) is 8.46. The van der Waals surface area contributed by atoms with Crippen LogP contribution in [0.4, 0.5) is 11.4 Å². The number of anilines is 1. The third-order valence-corrected chi connectivity index (χ3v) is 8.73. The second-order valence-electron chi connectivity index (χ2n) is 9.04. The molecule has 4 atom stereocenters. The number of nitrogens with zero attached hydrogens (tertiary/aromatic N) is 3. The summed E-state index contributed by atoms with van der Waals surface area (Å²) in [6.45, 7) is 1.85. The highest BCUT2D eigenvalue weighted by molar-refractivity contribution is 7.92. The van der Waals surface area contributed by atoms with Crippen molar-refractivity contribution in [1.29, 1.82) is 4.78 Å². The largest absolute Gasteiger partial charge is 0.472 e. The minimum absolute atomic E-state index is 0.254. The third-order valence-electron chi connectivity index (χ3n) is 6.75. The van der Waals surface area contributed by atoms with Gasteiger partial charge in [0.25, 0.3) is 0 Å². The fraction of sp³-hybridized carbons (Fsp3) is 0.478. The molecule has 0 unspecified atom stereocenters. The first-order chi connectivity index (χ1) is 16.4. The zero-order chi connectivity index (χ0) is 23.4. The number of benzene rings is 1. The number of rotatable bonds is 3. The number of halogens is 1. The van der Waals surface area contributed by atoms with E-state index >= 15 is 0 Å². The zero-order valence-electron chi connectivity index (χ0n) is 18.4. The number of aliphatic imine (C=N–C) groups is 1. The third kappa shape index (κ3) is 4.07. The Balaban J connectivity index is 1.15. The molecule has 4 aliphatic heterocycles. The maximum Gasteiger partial charge on any atom is 0.195 e. The Kier molecular flexibility index (Phi) is 5.53. The van der Waals surface area contributed by atoms with Crippen LogP contribution in [-0.4, -0.2) is 82.4 Å². The molecule has 3 saturated heterocycles. The van der Waals surface area contributed by atoms with Crippen molar-refractivity contribution in [3.05, 3.63) is 41.0 Å². The molecular weight excluding hydrogens is 480 g/mol. The van der Waals surface area contributed by atoms with Gasteiger partial charge in [-0.05, 0) is 18.2 Å². The molecule has 11 heteroatoms. The number of fused-ring (bicyclic) bond motifs is 2. The number of ether oxygens (including phenoxy) is 3. The van der Waals surface area contributed by atoms with Crippen molar-refractivity contribution in [3.8, 4) is 11.3 Å². The molecule has 2 N–H and O–H groups in total. The Hall–Kier alpha value is -2.24. The summed E-state index contributed by atoms with van der Waals surface area (Å²) >= 11 is 6.57. The molecule has 2 aromatic rings. The fourth-order valence-electron chi connectivity index (χ4n) is 4.87. The van der Waals surface area contributed by atoms with Gasteiger partial charge in [0.1, 0.15) is 18.3 Å². The molecule has 34 heavy (non-hydrogen) atoms. The molecule has 180 valence electrons. The predicted molar refractivity (Wildman–Crippen MR) is 129 cm³/mol. The average Bonchev–Trinajstić information content (AvgIpc) is 3.50. The van der Waals surface area contributed by atoms with Crippen LogP contribution in [0.25, 0.3) is 11.3 Å². The van der Waals surface area contributed by atoms with Crippen LogP contribution in [0.3, 0.4) is 0 Å². The SMILES string of the molecule is N=S1(=O)CCN(c2ccc(-c3nc4c(cc3Cl)N=C(O[C@@H]3CO[C@H]5[C@@H]3OC[C@H]5O)C4)cc2)CC1. The van der Waals surface area contributed by atoms with E-state index in [0.717, 1.165) is 16.9 Å². The van der Waals surface area contributed by atoms with Crippen LogP contribution in [0.15, 0.2) is 35.3 Å². The number of aliphatic hydroxyl groups excluding tert-OH is 1. The average molecular weight is 505 g/mol. The molecular formula is C23H25ClN4O5S. The van der Waals surface area contributed by atoms with Crippen LogP contribution in [0, 0.1) is 4.78 Å². The normalized spacial score (nSPS) is 29.6. The van der Waals surface area contributed by atoms with Crippen molar-refractivity contribution in [2.45, 2.75) is 30.8 Å². The van der Waals surface area contributed by atoms with Gasteiger partial charge in [-0.2, -0.15) is 0 Å². The lowest BCUT2D eigenvalue weighted by atomic mass is 10.1. The predicted octanol–water partition coefficient (Wildman–Crippen LogP) is 2.40. The summed E-state index contributed by atoms with van der Waals surface area (Å²) in [7, 11) is -2.42. The van der Waals surface area contributed by atoms with E-state index in [1.54, 1.807) is 0 Å².